The predicted octanol–water partition coefficient (Wildman–Crippen LogP) is 1.20. The molecule has 1 saturated heterocycles. The number of aromatic hydroxyl groups is 1. The van der Waals surface area contributed by atoms with Crippen molar-refractivity contribution in [2.24, 2.45) is 0 Å². The highest BCUT2D eigenvalue weighted by Gasteiger charge is 2.21. The van der Waals surface area contributed by atoms with Crippen LogP contribution in [0.2, 0.25) is 0 Å². The Morgan fingerprint density at radius 2 is 2.42 bits per heavy atom. The first kappa shape index (κ1) is 7.43. The Hall–Kier alpha value is -1.22. The van der Waals surface area contributed by atoms with E-state index >= 15 is 0 Å². The van der Waals surface area contributed by atoms with Gasteiger partial charge in [-0.25, -0.2) is 0 Å². The van der Waals surface area contributed by atoms with E-state index in [0.29, 0.717) is 6.10 Å². The summed E-state index contributed by atoms with van der Waals surface area (Å²) in [5.74, 6) is 0.289. The third-order valence-electron chi connectivity index (χ3n) is 1.78. The van der Waals surface area contributed by atoms with Crippen molar-refractivity contribution in [3.05, 3.63) is 24.3 Å². The van der Waals surface area contributed by atoms with Gasteiger partial charge < -0.3 is 15.2 Å². The van der Waals surface area contributed by atoms with Crippen LogP contribution in [0.25, 0.3) is 0 Å². The first-order chi connectivity index (χ1) is 5.84. The molecule has 0 saturated carbocycles. The highest BCUT2D eigenvalue weighted by molar-refractivity contribution is 5.47. The van der Waals surface area contributed by atoms with Gasteiger partial charge in [0.15, 0.2) is 0 Å². The van der Waals surface area contributed by atoms with E-state index in [1.54, 1.807) is 12.1 Å². The predicted molar refractivity (Wildman–Crippen MR) is 46.3 cm³/mol. The van der Waals surface area contributed by atoms with Gasteiger partial charge >= 0.3 is 0 Å². The Balaban J connectivity index is 1.92. The maximum atomic E-state index is 9.12. The van der Waals surface area contributed by atoms with Crippen molar-refractivity contribution in [1.29, 1.82) is 0 Å². The lowest BCUT2D eigenvalue weighted by Gasteiger charge is -2.03. The van der Waals surface area contributed by atoms with Crippen LogP contribution in [0.3, 0.4) is 0 Å². The summed E-state index contributed by atoms with van der Waals surface area (Å²) in [6.07, 6.45) is 0.368. The molecule has 1 aliphatic rings. The molecule has 3 heteroatoms. The summed E-state index contributed by atoms with van der Waals surface area (Å²) in [5.41, 5.74) is 0.936. The minimum atomic E-state index is 0.289. The zero-order chi connectivity index (χ0) is 8.39. The van der Waals surface area contributed by atoms with Crippen molar-refractivity contribution in [2.45, 2.75) is 6.10 Å². The number of hydrogen-bond donors (Lipinski definition) is 2. The molecular formula is C9H11NO2. The topological polar surface area (TPSA) is 44.8 Å². The molecule has 0 amide bonds. The molecule has 1 unspecified atom stereocenters. The molecule has 3 nitrogen and oxygen atoms in total. The van der Waals surface area contributed by atoms with Crippen LogP contribution in [0.15, 0.2) is 24.3 Å². The van der Waals surface area contributed by atoms with Crippen LogP contribution in [-0.4, -0.2) is 24.4 Å². The van der Waals surface area contributed by atoms with Gasteiger partial charge in [-0.1, -0.05) is 6.07 Å². The molecule has 0 bridgehead atoms. The fourth-order valence-corrected chi connectivity index (χ4v) is 1.03. The molecule has 2 rings (SSSR count). The van der Waals surface area contributed by atoms with Crippen LogP contribution in [0.5, 0.6) is 5.75 Å². The molecule has 1 aliphatic heterocycles. The number of epoxide rings is 1. The second-order valence-corrected chi connectivity index (χ2v) is 2.89. The number of phenolic OH excluding ortho intramolecular Hbond substituents is 1. The summed E-state index contributed by atoms with van der Waals surface area (Å²) in [5, 5.41) is 12.3. The third kappa shape index (κ3) is 1.89. The molecule has 0 aliphatic carbocycles. The molecule has 1 atom stereocenters. The largest absolute Gasteiger partial charge is 0.508 e. The second-order valence-electron chi connectivity index (χ2n) is 2.89. The van der Waals surface area contributed by atoms with Crippen LogP contribution in [0.1, 0.15) is 0 Å². The minimum Gasteiger partial charge on any atom is -0.508 e. The molecule has 0 aromatic heterocycles. The number of phenols is 1. The van der Waals surface area contributed by atoms with Crippen molar-refractivity contribution in [1.82, 2.24) is 0 Å². The van der Waals surface area contributed by atoms with Crippen LogP contribution in [0, 0.1) is 0 Å². The van der Waals surface area contributed by atoms with E-state index in [2.05, 4.69) is 5.32 Å². The first-order valence-electron chi connectivity index (χ1n) is 3.99. The normalized spacial score (nSPS) is 20.5. The maximum absolute atomic E-state index is 9.12. The highest BCUT2D eigenvalue weighted by Crippen LogP contribution is 2.16. The smallest absolute Gasteiger partial charge is 0.117 e. The van der Waals surface area contributed by atoms with Crippen LogP contribution in [-0.2, 0) is 4.74 Å². The third-order valence-corrected chi connectivity index (χ3v) is 1.78. The summed E-state index contributed by atoms with van der Waals surface area (Å²) in [6, 6.07) is 7.08. The van der Waals surface area contributed by atoms with Gasteiger partial charge in [-0.15, -0.1) is 0 Å². The molecule has 0 spiro atoms. The SMILES string of the molecule is Oc1cccc(NCC2CO2)c1. The summed E-state index contributed by atoms with van der Waals surface area (Å²) >= 11 is 0. The molecule has 1 fully saturated rings. The standard InChI is InChI=1S/C9H11NO2/c11-8-3-1-2-7(4-8)10-5-9-6-12-9/h1-4,9-11H,5-6H2. The lowest BCUT2D eigenvalue weighted by Crippen LogP contribution is -2.07. The zero-order valence-corrected chi connectivity index (χ0v) is 6.66. The highest BCUT2D eigenvalue weighted by atomic mass is 16.6. The van der Waals surface area contributed by atoms with Crippen LogP contribution in [0.4, 0.5) is 5.69 Å². The Morgan fingerprint density at radius 1 is 1.58 bits per heavy atom. The second kappa shape index (κ2) is 3.03. The molecule has 0 radical (unpaired) electrons. The molecule has 1 aromatic rings. The molecule has 2 N–H and O–H groups in total. The summed E-state index contributed by atoms with van der Waals surface area (Å²) in [7, 11) is 0. The number of hydrogen-bond acceptors (Lipinski definition) is 3. The van der Waals surface area contributed by atoms with Gasteiger partial charge in [0.1, 0.15) is 5.75 Å². The van der Waals surface area contributed by atoms with Crippen molar-refractivity contribution >= 4 is 5.69 Å². The lowest BCUT2D eigenvalue weighted by molar-refractivity contribution is 0.416. The number of benzene rings is 1. The monoisotopic (exact) mass is 165 g/mol. The first-order valence-corrected chi connectivity index (χ1v) is 3.99. The number of rotatable bonds is 3. The average Bonchev–Trinajstić information content (AvgIpc) is 2.84. The summed E-state index contributed by atoms with van der Waals surface area (Å²) in [6.45, 7) is 1.68. The van der Waals surface area contributed by atoms with E-state index in [1.807, 2.05) is 12.1 Å². The van der Waals surface area contributed by atoms with Gasteiger partial charge in [-0.05, 0) is 12.1 Å². The van der Waals surface area contributed by atoms with Crippen LogP contribution >= 0.6 is 0 Å². The maximum Gasteiger partial charge on any atom is 0.117 e. The molecule has 64 valence electrons. The molecule has 1 aromatic carbocycles. The number of nitrogens with one attached hydrogen (secondary N) is 1. The van der Waals surface area contributed by atoms with Crippen molar-refractivity contribution in [3.8, 4) is 5.75 Å². The molecular weight excluding hydrogens is 154 g/mol. The van der Waals surface area contributed by atoms with Crippen molar-refractivity contribution in [2.75, 3.05) is 18.5 Å². The number of ether oxygens (including phenoxy) is 1. The van der Waals surface area contributed by atoms with Gasteiger partial charge in [-0.2, -0.15) is 0 Å². The van der Waals surface area contributed by atoms with E-state index in [9.17, 15) is 0 Å². The fraction of sp³-hybridized carbons (Fsp3) is 0.333. The Kier molecular flexibility index (Phi) is 1.87. The number of anilines is 1. The lowest BCUT2D eigenvalue weighted by atomic mass is 10.3. The van der Waals surface area contributed by atoms with Gasteiger partial charge in [0, 0.05) is 18.3 Å². The van der Waals surface area contributed by atoms with Crippen LogP contribution < -0.4 is 5.32 Å². The van der Waals surface area contributed by atoms with Crippen molar-refractivity contribution < 1.29 is 9.84 Å². The van der Waals surface area contributed by atoms with Gasteiger partial charge in [-0.3, -0.25) is 0 Å². The van der Waals surface area contributed by atoms with Gasteiger partial charge in [0.05, 0.1) is 12.7 Å². The van der Waals surface area contributed by atoms with E-state index in [4.69, 9.17) is 9.84 Å². The summed E-state index contributed by atoms with van der Waals surface area (Å²) < 4.78 is 5.04. The Labute approximate surface area is 71.0 Å². The van der Waals surface area contributed by atoms with Gasteiger partial charge in [0.2, 0.25) is 0 Å². The van der Waals surface area contributed by atoms with Gasteiger partial charge in [0.25, 0.3) is 0 Å². The summed E-state index contributed by atoms with van der Waals surface area (Å²) in [4.78, 5) is 0. The quantitative estimate of drug-likeness (QED) is 0.661. The Bertz CT molecular complexity index is 271. The molecule has 1 heterocycles. The van der Waals surface area contributed by atoms with E-state index in [0.717, 1.165) is 18.8 Å². The zero-order valence-electron chi connectivity index (χ0n) is 6.66. The molecule has 12 heavy (non-hydrogen) atoms. The van der Waals surface area contributed by atoms with E-state index in [1.165, 1.54) is 0 Å². The Morgan fingerprint density at radius 3 is 3.08 bits per heavy atom. The minimum absolute atomic E-state index is 0.289. The average molecular weight is 165 g/mol. The van der Waals surface area contributed by atoms with E-state index in [-0.39, 0.29) is 5.75 Å². The fourth-order valence-electron chi connectivity index (χ4n) is 1.03. The van der Waals surface area contributed by atoms with E-state index < -0.39 is 0 Å². The van der Waals surface area contributed by atoms with Crippen molar-refractivity contribution in [3.63, 3.8) is 0 Å².